The minimum absolute atomic E-state index is 0.360. The van der Waals surface area contributed by atoms with Gasteiger partial charge in [-0.2, -0.15) is 5.26 Å². The highest BCUT2D eigenvalue weighted by Crippen LogP contribution is 2.22. The molecule has 6 nitrogen and oxygen atoms in total. The molecule has 0 spiro atoms. The van der Waals surface area contributed by atoms with Gasteiger partial charge in [0.1, 0.15) is 17.6 Å². The molecule has 0 amide bonds. The van der Waals surface area contributed by atoms with Gasteiger partial charge in [0.15, 0.2) is 10.3 Å². The van der Waals surface area contributed by atoms with E-state index in [0.717, 1.165) is 11.5 Å². The Bertz CT molecular complexity index is 597. The van der Waals surface area contributed by atoms with E-state index in [1.165, 1.54) is 11.8 Å². The van der Waals surface area contributed by atoms with E-state index in [1.54, 1.807) is 6.07 Å². The fourth-order valence-corrected chi connectivity index (χ4v) is 2.05. The van der Waals surface area contributed by atoms with Gasteiger partial charge in [0.25, 0.3) is 0 Å². The third-order valence-electron chi connectivity index (χ3n) is 2.18. The lowest BCUT2D eigenvalue weighted by atomic mass is 10.4. The quantitative estimate of drug-likeness (QED) is 0.742. The van der Waals surface area contributed by atoms with Crippen molar-refractivity contribution in [3.05, 3.63) is 23.3 Å². The number of nitrogens with zero attached hydrogens (tertiary/aromatic N) is 6. The van der Waals surface area contributed by atoms with Gasteiger partial charge in [0.2, 0.25) is 0 Å². The SMILES string of the molecule is Cc1cc(C#N)nc(Sc2nnc(C)n2C)n1. The second-order valence-corrected chi connectivity index (χ2v) is 4.41. The van der Waals surface area contributed by atoms with Crippen molar-refractivity contribution in [3.8, 4) is 6.07 Å². The lowest BCUT2D eigenvalue weighted by Crippen LogP contribution is -1.97. The van der Waals surface area contributed by atoms with Crippen LogP contribution >= 0.6 is 11.8 Å². The lowest BCUT2D eigenvalue weighted by molar-refractivity contribution is 0.761. The molecule has 0 bridgehead atoms. The van der Waals surface area contributed by atoms with Gasteiger partial charge >= 0.3 is 0 Å². The van der Waals surface area contributed by atoms with Crippen LogP contribution in [-0.2, 0) is 7.05 Å². The predicted octanol–water partition coefficient (Wildman–Crippen LogP) is 1.24. The highest BCUT2D eigenvalue weighted by atomic mass is 32.2. The van der Waals surface area contributed by atoms with Crippen molar-refractivity contribution < 1.29 is 0 Å². The Kier molecular flexibility index (Phi) is 3.06. The molecule has 0 N–H and O–H groups in total. The van der Waals surface area contributed by atoms with Crippen molar-refractivity contribution in [3.63, 3.8) is 0 Å². The monoisotopic (exact) mass is 246 g/mol. The number of rotatable bonds is 2. The molecule has 0 aliphatic rings. The molecule has 2 aromatic rings. The summed E-state index contributed by atoms with van der Waals surface area (Å²) < 4.78 is 1.85. The standard InChI is InChI=1S/C10H10N6S/c1-6-4-8(5-11)13-9(12-6)17-10-15-14-7(2)16(10)3/h4H,1-3H3. The van der Waals surface area contributed by atoms with Crippen LogP contribution in [0.15, 0.2) is 16.4 Å². The molecule has 0 unspecified atom stereocenters. The maximum atomic E-state index is 8.83. The Morgan fingerprint density at radius 3 is 2.65 bits per heavy atom. The van der Waals surface area contributed by atoms with Crippen LogP contribution in [0.25, 0.3) is 0 Å². The number of aryl methyl sites for hydroxylation is 2. The summed E-state index contributed by atoms with van der Waals surface area (Å²) in [5.41, 5.74) is 1.12. The van der Waals surface area contributed by atoms with Crippen LogP contribution in [0.1, 0.15) is 17.2 Å². The molecule has 0 radical (unpaired) electrons. The molecule has 2 heterocycles. The first-order chi connectivity index (χ1) is 8.10. The first-order valence-corrected chi connectivity index (χ1v) is 5.71. The Balaban J connectivity index is 2.33. The summed E-state index contributed by atoms with van der Waals surface area (Å²) in [6, 6.07) is 3.65. The zero-order valence-electron chi connectivity index (χ0n) is 9.67. The van der Waals surface area contributed by atoms with Gasteiger partial charge < -0.3 is 4.57 Å². The van der Waals surface area contributed by atoms with Crippen molar-refractivity contribution in [2.45, 2.75) is 24.2 Å². The van der Waals surface area contributed by atoms with Crippen LogP contribution < -0.4 is 0 Å². The summed E-state index contributed by atoms with van der Waals surface area (Å²) in [4.78, 5) is 8.35. The largest absolute Gasteiger partial charge is 0.309 e. The molecule has 86 valence electrons. The Morgan fingerprint density at radius 1 is 1.29 bits per heavy atom. The Morgan fingerprint density at radius 2 is 2.06 bits per heavy atom. The van der Waals surface area contributed by atoms with Gasteiger partial charge in [-0.15, -0.1) is 10.2 Å². The molecule has 0 saturated carbocycles. The average molecular weight is 246 g/mol. The third-order valence-corrected chi connectivity index (χ3v) is 3.09. The highest BCUT2D eigenvalue weighted by Gasteiger charge is 2.10. The van der Waals surface area contributed by atoms with Gasteiger partial charge in [-0.3, -0.25) is 0 Å². The fourth-order valence-electron chi connectivity index (χ4n) is 1.20. The lowest BCUT2D eigenvalue weighted by Gasteiger charge is -2.01. The Hall–Kier alpha value is -1.94. The third kappa shape index (κ3) is 2.42. The van der Waals surface area contributed by atoms with E-state index in [-0.39, 0.29) is 0 Å². The second kappa shape index (κ2) is 4.51. The molecule has 0 aliphatic heterocycles. The van der Waals surface area contributed by atoms with Crippen LogP contribution in [0.2, 0.25) is 0 Å². The molecule has 0 aromatic carbocycles. The molecular formula is C10H10N6S. The van der Waals surface area contributed by atoms with Crippen LogP contribution in [0.4, 0.5) is 0 Å². The van der Waals surface area contributed by atoms with E-state index in [0.29, 0.717) is 16.0 Å². The summed E-state index contributed by atoms with van der Waals surface area (Å²) in [5, 5.41) is 18.0. The molecule has 2 aromatic heterocycles. The van der Waals surface area contributed by atoms with E-state index >= 15 is 0 Å². The highest BCUT2D eigenvalue weighted by molar-refractivity contribution is 7.99. The molecule has 2 rings (SSSR count). The number of nitriles is 1. The summed E-state index contributed by atoms with van der Waals surface area (Å²) in [5.74, 6) is 0.820. The van der Waals surface area contributed by atoms with E-state index in [2.05, 4.69) is 20.2 Å². The van der Waals surface area contributed by atoms with Gasteiger partial charge in [0, 0.05) is 12.7 Å². The zero-order valence-corrected chi connectivity index (χ0v) is 10.5. The van der Waals surface area contributed by atoms with Crippen LogP contribution in [-0.4, -0.2) is 24.7 Å². The fraction of sp³-hybridized carbons (Fsp3) is 0.300. The molecule has 7 heteroatoms. The molecular weight excluding hydrogens is 236 g/mol. The molecule has 0 fully saturated rings. The normalized spacial score (nSPS) is 10.2. The topological polar surface area (TPSA) is 80.3 Å². The van der Waals surface area contributed by atoms with Gasteiger partial charge in [-0.05, 0) is 31.7 Å². The van der Waals surface area contributed by atoms with E-state index < -0.39 is 0 Å². The summed E-state index contributed by atoms with van der Waals surface area (Å²) in [6.45, 7) is 3.70. The molecule has 0 saturated heterocycles. The summed E-state index contributed by atoms with van der Waals surface area (Å²) in [6.07, 6.45) is 0. The van der Waals surface area contributed by atoms with Gasteiger partial charge in [-0.1, -0.05) is 0 Å². The number of aromatic nitrogens is 5. The summed E-state index contributed by atoms with van der Waals surface area (Å²) >= 11 is 1.29. The van der Waals surface area contributed by atoms with Crippen molar-refractivity contribution in [2.75, 3.05) is 0 Å². The van der Waals surface area contributed by atoms with Crippen molar-refractivity contribution >= 4 is 11.8 Å². The average Bonchev–Trinajstić information content (AvgIpc) is 2.60. The van der Waals surface area contributed by atoms with Gasteiger partial charge in [-0.25, -0.2) is 9.97 Å². The second-order valence-electron chi connectivity index (χ2n) is 3.48. The van der Waals surface area contributed by atoms with Crippen molar-refractivity contribution in [1.82, 2.24) is 24.7 Å². The van der Waals surface area contributed by atoms with Crippen molar-refractivity contribution in [1.29, 1.82) is 5.26 Å². The molecule has 0 atom stereocenters. The Labute approximate surface area is 103 Å². The maximum absolute atomic E-state index is 8.83. The van der Waals surface area contributed by atoms with Gasteiger partial charge in [0.05, 0.1) is 0 Å². The van der Waals surface area contributed by atoms with Crippen LogP contribution in [0.5, 0.6) is 0 Å². The smallest absolute Gasteiger partial charge is 0.198 e. The van der Waals surface area contributed by atoms with Crippen LogP contribution in [0, 0.1) is 25.2 Å². The first-order valence-electron chi connectivity index (χ1n) is 4.90. The van der Waals surface area contributed by atoms with Crippen molar-refractivity contribution in [2.24, 2.45) is 7.05 Å². The molecule has 0 aliphatic carbocycles. The number of hydrogen-bond acceptors (Lipinski definition) is 6. The maximum Gasteiger partial charge on any atom is 0.198 e. The van der Waals surface area contributed by atoms with E-state index in [9.17, 15) is 0 Å². The minimum Gasteiger partial charge on any atom is -0.309 e. The molecule has 17 heavy (non-hydrogen) atoms. The first kappa shape index (κ1) is 11.5. The summed E-state index contributed by atoms with van der Waals surface area (Å²) in [7, 11) is 1.87. The van der Waals surface area contributed by atoms with E-state index in [1.807, 2.05) is 31.5 Å². The van der Waals surface area contributed by atoms with Crippen LogP contribution in [0.3, 0.4) is 0 Å². The van der Waals surface area contributed by atoms with E-state index in [4.69, 9.17) is 5.26 Å². The predicted molar refractivity (Wildman–Crippen MR) is 61.3 cm³/mol. The minimum atomic E-state index is 0.360. The number of hydrogen-bond donors (Lipinski definition) is 0. The zero-order chi connectivity index (χ0) is 12.4.